The summed E-state index contributed by atoms with van der Waals surface area (Å²) in [5.41, 5.74) is 2.41. The van der Waals surface area contributed by atoms with Crippen molar-refractivity contribution in [2.24, 2.45) is 5.92 Å². The van der Waals surface area contributed by atoms with E-state index >= 15 is 0 Å². The Labute approximate surface area is 231 Å². The molecule has 4 heterocycles. The van der Waals surface area contributed by atoms with Crippen molar-refractivity contribution in [2.45, 2.75) is 17.5 Å². The Kier molecular flexibility index (Phi) is 5.29. The fraction of sp³-hybridized carbons (Fsp3) is 0.129. The largest absolute Gasteiger partial charge is 0.352 e. The Morgan fingerprint density at radius 3 is 2.45 bits per heavy atom. The number of nitrogens with zero attached hydrogens (tertiary/aromatic N) is 1. The van der Waals surface area contributed by atoms with Crippen molar-refractivity contribution in [3.8, 4) is 0 Å². The molecule has 1 saturated heterocycles. The van der Waals surface area contributed by atoms with Gasteiger partial charge in [0.2, 0.25) is 5.91 Å². The van der Waals surface area contributed by atoms with Gasteiger partial charge in [0, 0.05) is 21.4 Å². The van der Waals surface area contributed by atoms with Crippen molar-refractivity contribution in [2.75, 3.05) is 10.2 Å². The molecule has 3 aliphatic heterocycles. The first-order valence-electron chi connectivity index (χ1n) is 12.4. The predicted molar refractivity (Wildman–Crippen MR) is 153 cm³/mol. The van der Waals surface area contributed by atoms with Crippen molar-refractivity contribution in [3.05, 3.63) is 122 Å². The summed E-state index contributed by atoms with van der Waals surface area (Å²) in [7, 11) is 0. The molecular weight excluding hydrogens is 560 g/mol. The van der Waals surface area contributed by atoms with Gasteiger partial charge < -0.3 is 10.2 Å². The number of thiophene rings is 1. The summed E-state index contributed by atoms with van der Waals surface area (Å²) in [5, 5.41) is 4.92. The van der Waals surface area contributed by atoms with Gasteiger partial charge in [-0.05, 0) is 46.8 Å². The van der Waals surface area contributed by atoms with Gasteiger partial charge in [-0.1, -0.05) is 82.7 Å². The monoisotopic (exact) mass is 580 g/mol. The number of benzene rings is 3. The van der Waals surface area contributed by atoms with E-state index in [4.69, 9.17) is 0 Å². The number of anilines is 2. The molecule has 1 spiro atoms. The number of rotatable bonds is 4. The lowest BCUT2D eigenvalue weighted by molar-refractivity contribution is -0.121. The number of ketones is 2. The SMILES string of the molecule is O=C(c1cccs1)C1C(C(=O)c2ccc(Br)cc2)C2(C(=O)Nc3ccccc32)C2C=Cc3ccccc3N12. The molecule has 7 rings (SSSR count). The molecule has 3 aliphatic rings. The molecule has 4 unspecified atom stereocenters. The highest BCUT2D eigenvalue weighted by molar-refractivity contribution is 9.10. The molecule has 1 fully saturated rings. The molecule has 5 nitrogen and oxygen atoms in total. The van der Waals surface area contributed by atoms with Gasteiger partial charge in [0.1, 0.15) is 11.5 Å². The van der Waals surface area contributed by atoms with E-state index in [0.29, 0.717) is 16.1 Å². The second-order valence-electron chi connectivity index (χ2n) is 9.77. The number of carbonyl (C=O) groups excluding carboxylic acids is 3. The zero-order valence-corrected chi connectivity index (χ0v) is 22.4. The van der Waals surface area contributed by atoms with E-state index in [1.165, 1.54) is 11.3 Å². The number of fused-ring (bicyclic) bond motifs is 6. The fourth-order valence-electron chi connectivity index (χ4n) is 6.48. The third-order valence-corrected chi connectivity index (χ3v) is 9.40. The summed E-state index contributed by atoms with van der Waals surface area (Å²) in [6.45, 7) is 0. The molecule has 186 valence electrons. The van der Waals surface area contributed by atoms with Crippen LogP contribution in [0.5, 0.6) is 0 Å². The Morgan fingerprint density at radius 2 is 1.66 bits per heavy atom. The smallest absolute Gasteiger partial charge is 0.238 e. The lowest BCUT2D eigenvalue weighted by atomic mass is 9.64. The van der Waals surface area contributed by atoms with E-state index in [2.05, 4.69) is 21.2 Å². The molecule has 4 aromatic rings. The Hall–Kier alpha value is -3.81. The highest BCUT2D eigenvalue weighted by Gasteiger charge is 2.70. The van der Waals surface area contributed by atoms with Gasteiger partial charge in [0.25, 0.3) is 0 Å². The number of Topliss-reactive ketones (excluding diaryl/α,β-unsaturated/α-hetero) is 2. The van der Waals surface area contributed by atoms with E-state index in [1.807, 2.05) is 89.2 Å². The van der Waals surface area contributed by atoms with Gasteiger partial charge in [0.15, 0.2) is 11.6 Å². The summed E-state index contributed by atoms with van der Waals surface area (Å²) < 4.78 is 0.847. The lowest BCUT2D eigenvalue weighted by Crippen LogP contribution is -2.51. The van der Waals surface area contributed by atoms with Crippen LogP contribution < -0.4 is 10.2 Å². The molecule has 1 aromatic heterocycles. The normalized spacial score (nSPS) is 24.6. The van der Waals surface area contributed by atoms with Crippen LogP contribution in [-0.4, -0.2) is 29.6 Å². The van der Waals surface area contributed by atoms with Crippen molar-refractivity contribution >= 4 is 62.2 Å². The number of amides is 1. The van der Waals surface area contributed by atoms with E-state index < -0.39 is 23.4 Å². The number of carbonyl (C=O) groups is 3. The highest BCUT2D eigenvalue weighted by atomic mass is 79.9. The van der Waals surface area contributed by atoms with Gasteiger partial charge in [-0.3, -0.25) is 14.4 Å². The van der Waals surface area contributed by atoms with Crippen molar-refractivity contribution in [3.63, 3.8) is 0 Å². The molecular formula is C31H21BrN2O3S. The summed E-state index contributed by atoms with van der Waals surface area (Å²) in [5.74, 6) is -1.59. The van der Waals surface area contributed by atoms with Gasteiger partial charge in [0.05, 0.1) is 16.8 Å². The molecule has 0 saturated carbocycles. The quantitative estimate of drug-likeness (QED) is 0.285. The molecule has 1 N–H and O–H groups in total. The summed E-state index contributed by atoms with van der Waals surface area (Å²) in [4.78, 5) is 45.8. The third kappa shape index (κ3) is 3.12. The van der Waals surface area contributed by atoms with E-state index in [9.17, 15) is 14.4 Å². The molecule has 1 amide bonds. The molecule has 3 aromatic carbocycles. The first kappa shape index (κ1) is 23.3. The predicted octanol–water partition coefficient (Wildman–Crippen LogP) is 6.37. The van der Waals surface area contributed by atoms with Crippen molar-refractivity contribution in [1.82, 2.24) is 0 Å². The number of hydrogen-bond donors (Lipinski definition) is 1. The zero-order chi connectivity index (χ0) is 26.0. The molecule has 0 aliphatic carbocycles. The van der Waals surface area contributed by atoms with Crippen LogP contribution in [0, 0.1) is 5.92 Å². The Bertz CT molecular complexity index is 1650. The summed E-state index contributed by atoms with van der Waals surface area (Å²) in [6, 6.07) is 24.8. The lowest BCUT2D eigenvalue weighted by Gasteiger charge is -2.37. The van der Waals surface area contributed by atoms with Gasteiger partial charge in [-0.15, -0.1) is 11.3 Å². The van der Waals surface area contributed by atoms with Gasteiger partial charge >= 0.3 is 0 Å². The molecule has 7 heteroatoms. The standard InChI is InChI=1S/C31H21BrN2O3S/c32-20-14-11-19(12-15-20)28(35)26-27(29(36)24-10-5-17-38-24)34-23-9-4-1-6-18(23)13-16-25(34)31(26)21-7-2-3-8-22(21)33-30(31)37/h1-17,25-27H,(H,33,37). The average Bonchev–Trinajstić information content (AvgIpc) is 3.65. The first-order valence-corrected chi connectivity index (χ1v) is 14.0. The number of halogens is 1. The van der Waals surface area contributed by atoms with Crippen LogP contribution >= 0.6 is 27.3 Å². The molecule has 4 atom stereocenters. The van der Waals surface area contributed by atoms with E-state index in [1.54, 1.807) is 18.2 Å². The van der Waals surface area contributed by atoms with E-state index in [-0.39, 0.29) is 17.5 Å². The van der Waals surface area contributed by atoms with Crippen molar-refractivity contribution < 1.29 is 14.4 Å². The van der Waals surface area contributed by atoms with Gasteiger partial charge in [-0.25, -0.2) is 0 Å². The maximum absolute atomic E-state index is 14.6. The van der Waals surface area contributed by atoms with Crippen LogP contribution in [0.15, 0.2) is 101 Å². The first-order chi connectivity index (χ1) is 18.5. The van der Waals surface area contributed by atoms with E-state index in [0.717, 1.165) is 21.3 Å². The fourth-order valence-corrected chi connectivity index (χ4v) is 7.44. The second-order valence-corrected chi connectivity index (χ2v) is 11.6. The third-order valence-electron chi connectivity index (χ3n) is 7.99. The second kappa shape index (κ2) is 8.61. The van der Waals surface area contributed by atoms with Crippen LogP contribution in [0.4, 0.5) is 11.4 Å². The van der Waals surface area contributed by atoms with Crippen molar-refractivity contribution in [1.29, 1.82) is 0 Å². The van der Waals surface area contributed by atoms with Crippen LogP contribution in [0.25, 0.3) is 6.08 Å². The van der Waals surface area contributed by atoms with Crippen LogP contribution in [0.3, 0.4) is 0 Å². The Morgan fingerprint density at radius 1 is 0.895 bits per heavy atom. The minimum Gasteiger partial charge on any atom is -0.352 e. The maximum Gasteiger partial charge on any atom is 0.238 e. The van der Waals surface area contributed by atoms with Crippen LogP contribution in [0.2, 0.25) is 0 Å². The number of nitrogens with one attached hydrogen (secondary N) is 1. The summed E-state index contributed by atoms with van der Waals surface area (Å²) in [6.07, 6.45) is 4.00. The minimum atomic E-state index is -1.29. The number of hydrogen-bond acceptors (Lipinski definition) is 5. The van der Waals surface area contributed by atoms with Crippen LogP contribution in [0.1, 0.15) is 31.2 Å². The van der Waals surface area contributed by atoms with Gasteiger partial charge in [-0.2, -0.15) is 0 Å². The number of para-hydroxylation sites is 2. The topological polar surface area (TPSA) is 66.5 Å². The van der Waals surface area contributed by atoms with Crippen LogP contribution in [-0.2, 0) is 10.2 Å². The minimum absolute atomic E-state index is 0.153. The molecule has 0 radical (unpaired) electrons. The molecule has 0 bridgehead atoms. The molecule has 38 heavy (non-hydrogen) atoms. The Balaban J connectivity index is 1.54. The zero-order valence-electron chi connectivity index (χ0n) is 20.0. The summed E-state index contributed by atoms with van der Waals surface area (Å²) >= 11 is 4.81. The average molecular weight is 581 g/mol. The maximum atomic E-state index is 14.6. The highest BCUT2D eigenvalue weighted by Crippen LogP contribution is 2.58.